The first-order valence-electron chi connectivity index (χ1n) is 46.0. The molecule has 10 heterocycles. The van der Waals surface area contributed by atoms with Crippen molar-refractivity contribution < 1.29 is 86.6 Å². The van der Waals surface area contributed by atoms with Gasteiger partial charge in [0.2, 0.25) is 17.7 Å². The average Bonchev–Trinajstić information content (AvgIpc) is 1.76. The fourth-order valence-electron chi connectivity index (χ4n) is 18.2. The molecule has 13 aromatic rings. The summed E-state index contributed by atoms with van der Waals surface area (Å²) in [5.74, 6) is -8.34. The number of pyridine rings is 3. The van der Waals surface area contributed by atoms with Gasteiger partial charge in [-0.2, -0.15) is 17.6 Å². The number of fused-ring (bicyclic) bond motifs is 30. The second-order valence-electron chi connectivity index (χ2n) is 36.2. The minimum absolute atomic E-state index is 0.0223. The topological polar surface area (TPSA) is 430 Å². The first kappa shape index (κ1) is 102. The maximum Gasteiger partial charge on any atom is 0.411 e. The van der Waals surface area contributed by atoms with Crippen LogP contribution in [0.1, 0.15) is 164 Å². The van der Waals surface area contributed by atoms with E-state index in [-0.39, 0.29) is 128 Å². The van der Waals surface area contributed by atoms with Crippen molar-refractivity contribution in [2.45, 2.75) is 164 Å². The predicted octanol–water partition coefficient (Wildman–Crippen LogP) is 19.2. The lowest BCUT2D eigenvalue weighted by Gasteiger charge is -2.29. The Balaban J connectivity index is 0.000000162. The lowest BCUT2D eigenvalue weighted by Crippen LogP contribution is -2.36. The Labute approximate surface area is 826 Å². The zero-order chi connectivity index (χ0) is 103. The first-order chi connectivity index (χ1) is 67.9. The number of halogens is 5. The summed E-state index contributed by atoms with van der Waals surface area (Å²) in [5, 5.41) is 22.6. The highest BCUT2D eigenvalue weighted by Gasteiger charge is 2.43. The molecule has 1 fully saturated rings. The number of benzene rings is 9. The van der Waals surface area contributed by atoms with Gasteiger partial charge in [-0.15, -0.1) is 11.3 Å². The van der Waals surface area contributed by atoms with Crippen LogP contribution in [0.4, 0.5) is 87.9 Å². The number of sulfone groups is 2. The number of nitrogens with two attached hydrogens (primary N) is 3. The van der Waals surface area contributed by atoms with Crippen molar-refractivity contribution in [2.75, 3.05) is 96.6 Å². The van der Waals surface area contributed by atoms with Crippen molar-refractivity contribution in [2.24, 2.45) is 0 Å². The molecule has 12 N–H and O–H groups in total. The molecule has 9 aromatic carbocycles. The smallest absolute Gasteiger partial charge is 0.411 e. The predicted molar refractivity (Wildman–Crippen MR) is 540 cm³/mol. The number of nitrogens with zero attached hydrogens (tertiary/aromatic N) is 8. The van der Waals surface area contributed by atoms with Crippen LogP contribution < -0.4 is 49.1 Å². The number of amides is 7. The maximum atomic E-state index is 15.7. The maximum absolute atomic E-state index is 15.7. The Morgan fingerprint density at radius 2 is 0.958 bits per heavy atom. The zero-order valence-corrected chi connectivity index (χ0v) is 82.8. The molecule has 0 saturated heterocycles. The number of nitrogen functional groups attached to an aromatic ring is 3. The number of nitrogens with one attached hydrogen (secondary N) is 6. The molecule has 12 bridgehead atoms. The third kappa shape index (κ3) is 22.6. The lowest BCUT2D eigenvalue weighted by molar-refractivity contribution is -0.132. The number of ether oxygens (including phenoxy) is 3. The molecule has 143 heavy (non-hydrogen) atoms. The Morgan fingerprint density at radius 1 is 0.517 bits per heavy atom. The van der Waals surface area contributed by atoms with Gasteiger partial charge in [0.05, 0.1) is 39.6 Å². The zero-order valence-electron chi connectivity index (χ0n) is 80.4. The Kier molecular flexibility index (Phi) is 30.0. The van der Waals surface area contributed by atoms with Gasteiger partial charge >= 0.3 is 30.1 Å². The molecular weight excluding hydrogens is 1900 g/mol. The monoisotopic (exact) mass is 2010 g/mol. The molecule has 746 valence electrons. The molecule has 1 aliphatic carbocycles. The normalized spacial score (nSPS) is 17.6. The molecule has 0 spiro atoms. The van der Waals surface area contributed by atoms with Crippen LogP contribution in [0.3, 0.4) is 0 Å². The fourth-order valence-corrected chi connectivity index (χ4v) is 22.3. The van der Waals surface area contributed by atoms with Crippen molar-refractivity contribution in [1.29, 1.82) is 0 Å². The largest absolute Gasteiger partial charge is 0.449 e. The number of carbonyl (C=O) groups excluding carboxylic acids is 7. The van der Waals surface area contributed by atoms with Crippen LogP contribution >= 0.6 is 11.3 Å². The van der Waals surface area contributed by atoms with Crippen LogP contribution in [0, 0.1) is 40.4 Å². The van der Waals surface area contributed by atoms with Crippen LogP contribution in [0.2, 0.25) is 0 Å². The molecule has 1 saturated carbocycles. The number of carbonyl (C=O) groups is 7. The van der Waals surface area contributed by atoms with E-state index in [4.69, 9.17) is 31.4 Å². The van der Waals surface area contributed by atoms with Crippen molar-refractivity contribution in [3.8, 4) is 0 Å². The van der Waals surface area contributed by atoms with E-state index in [1.165, 1.54) is 109 Å². The number of hydrogen-bond donors (Lipinski definition) is 9. The highest BCUT2D eigenvalue weighted by Crippen LogP contribution is 2.43. The summed E-state index contributed by atoms with van der Waals surface area (Å²) >= 11 is 1.43. The van der Waals surface area contributed by atoms with Gasteiger partial charge in [-0.25, -0.2) is 55.5 Å². The number of hydrogen-bond acceptors (Lipinski definition) is 25. The third-order valence-electron chi connectivity index (χ3n) is 25.7. The second-order valence-corrected chi connectivity index (χ2v) is 41.7. The molecule has 7 aliphatic rings. The highest BCUT2D eigenvalue weighted by atomic mass is 32.2. The average molecular weight is 2010 g/mol. The molecule has 39 heteroatoms. The summed E-state index contributed by atoms with van der Waals surface area (Å²) in [6.07, 6.45) is 4.48. The summed E-state index contributed by atoms with van der Waals surface area (Å²) in [7, 11) is -2.72. The van der Waals surface area contributed by atoms with E-state index >= 15 is 17.6 Å². The number of thiazole rings is 1. The number of anilines is 9. The number of rotatable bonds is 15. The van der Waals surface area contributed by atoms with E-state index in [2.05, 4.69) is 51.8 Å². The van der Waals surface area contributed by atoms with Gasteiger partial charge in [0, 0.05) is 150 Å². The molecule has 4 aromatic heterocycles. The summed E-state index contributed by atoms with van der Waals surface area (Å²) in [6.45, 7) is 13.4. The SMILES string of the molecule is CCN(Cc1nccs1)C(=O)c1ccc2cc1CN(C)C(=O)[C@H](Nc1ccc3c(N)nccc3c1)c1cc(C)c(c(C)c1)C(F)(F)COC(=O)N2.CC[C@H](C)S(=O)(=O)c1ccc2cc1CN(C)C(=O)[C@H](Nc1ccc3c(N)ncc(F)c3c1)c1ccc(c(C)c1)[C@@H](C)COC(=O)N2.Cc1cc2cc(C)c1C(F)(F)COC(=O)Nc1ccc(S(=O)(=O)C3CC3)c(c1)CN(C)C(=O)[C@@H]2Nc1ccc2c(N)nccc2c1. The number of likely N-dealkylation sites (N-methyl/N-ethyl adjacent to an activating group) is 3. The lowest BCUT2D eigenvalue weighted by atomic mass is 9.91. The van der Waals surface area contributed by atoms with E-state index < -0.39 is 103 Å². The molecule has 6 aliphatic heterocycles. The second kappa shape index (κ2) is 42.0. The highest BCUT2D eigenvalue weighted by molar-refractivity contribution is 7.92. The van der Waals surface area contributed by atoms with Gasteiger partial charge < -0.3 is 67.0 Å². The van der Waals surface area contributed by atoms with Gasteiger partial charge in [-0.05, 0) is 267 Å². The van der Waals surface area contributed by atoms with Crippen LogP contribution in [0.25, 0.3) is 32.3 Å². The van der Waals surface area contributed by atoms with Gasteiger partial charge in [0.15, 0.2) is 32.9 Å². The number of alkyl halides is 4. The van der Waals surface area contributed by atoms with Crippen LogP contribution in [0.5, 0.6) is 0 Å². The minimum atomic E-state index is -3.75. The molecule has 31 nitrogen and oxygen atoms in total. The molecule has 0 radical (unpaired) electrons. The standard InChI is InChI=1S/C37H37F2N7O4S.C34H38FN5O5S.C33H33F2N5O5S/c1-5-46(19-30-41-12-13-51-30)34(47)29-9-7-27-17-25(29)18-45(4)35(48)32(43-26-6-8-28-23(16-26)10-11-42-33(28)40)24-14-21(2)31(22(3)15-24)37(38,39)20-50-36(49)44-27;1-6-21(4)46(43,44)30-12-9-24-14-23(30)17-40(5)33(41)31(38-25-8-11-27-28(15-25)29(35)16-37-32(27)36)22-7-10-26(19(2)13-22)20(3)18-45-34(42)39-24;1-18-12-21-13-19(2)28(18)33(34,35)17-45-32(42)39-24-5-9-27(46(43,44)25-6-7-25)22(15-24)16-40(3)31(41)29(21)38-23-4-8-26-20(14-23)10-11-37-30(26)36/h6-17,32,43H,5,18-20H2,1-4H3,(H2,40,42)(H,44,49);7-16,20-21,31,38H,6,17-18H2,1-5H3,(H2,36,37)(H,39,42);4-5,8-15,25,29,38H,6-7,16-17H2,1-3H3,(H2,36,37)(H,39,42)/t32-;20-,21-,31+;29-/m101/s1. The van der Waals surface area contributed by atoms with Gasteiger partial charge in [0.1, 0.15) is 46.4 Å². The molecule has 20 rings (SSSR count). The summed E-state index contributed by atoms with van der Waals surface area (Å²) < 4.78 is 146. The Hall–Kier alpha value is -15.1. The van der Waals surface area contributed by atoms with E-state index in [0.717, 1.165) is 43.9 Å². The molecular formula is C104H108F5N17O14S3. The van der Waals surface area contributed by atoms with E-state index in [1.54, 1.807) is 136 Å². The summed E-state index contributed by atoms with van der Waals surface area (Å²) in [6, 6.07) is 41.3. The summed E-state index contributed by atoms with van der Waals surface area (Å²) in [5.41, 5.74) is 25.4. The summed E-state index contributed by atoms with van der Waals surface area (Å²) in [4.78, 5) is 118. The van der Waals surface area contributed by atoms with Crippen molar-refractivity contribution >= 4 is 157 Å². The van der Waals surface area contributed by atoms with Gasteiger partial charge in [0.25, 0.3) is 5.91 Å². The molecule has 5 atom stereocenters. The third-order valence-corrected chi connectivity index (χ3v) is 31.3. The molecule has 7 amide bonds. The van der Waals surface area contributed by atoms with Gasteiger partial charge in [-0.1, -0.05) is 56.3 Å². The molecule has 0 unspecified atom stereocenters. The number of aryl methyl sites for hydroxylation is 5. The van der Waals surface area contributed by atoms with Crippen molar-refractivity contribution in [1.82, 2.24) is 39.5 Å². The van der Waals surface area contributed by atoms with Gasteiger partial charge in [-0.3, -0.25) is 35.1 Å². The number of aromatic nitrogens is 4. The van der Waals surface area contributed by atoms with E-state index in [9.17, 15) is 54.8 Å². The fraction of sp³-hybridized carbons (Fsp3) is 0.298. The quantitative estimate of drug-likeness (QED) is 0.0340. The van der Waals surface area contributed by atoms with Crippen LogP contribution in [0.15, 0.2) is 204 Å². The Bertz CT molecular complexity index is 7380. The van der Waals surface area contributed by atoms with Crippen molar-refractivity contribution in [3.63, 3.8) is 0 Å². The van der Waals surface area contributed by atoms with E-state index in [1.807, 2.05) is 56.5 Å². The van der Waals surface area contributed by atoms with Crippen LogP contribution in [-0.2, 0) is 86.3 Å². The minimum Gasteiger partial charge on any atom is -0.449 e. The van der Waals surface area contributed by atoms with Crippen molar-refractivity contribution in [3.05, 3.63) is 288 Å². The Morgan fingerprint density at radius 3 is 1.43 bits per heavy atom. The van der Waals surface area contributed by atoms with E-state index in [0.29, 0.717) is 99.0 Å². The first-order valence-corrected chi connectivity index (χ1v) is 50.0. The van der Waals surface area contributed by atoms with Crippen LogP contribution in [-0.4, -0.2) is 156 Å².